The van der Waals surface area contributed by atoms with E-state index in [-0.39, 0.29) is 47.0 Å². The van der Waals surface area contributed by atoms with E-state index < -0.39 is 35.7 Å². The second kappa shape index (κ2) is 13.2. The Morgan fingerprint density at radius 1 is 0.500 bits per heavy atom. The van der Waals surface area contributed by atoms with Gasteiger partial charge < -0.3 is 30.4 Å². The van der Waals surface area contributed by atoms with E-state index >= 15 is 0 Å². The highest BCUT2D eigenvalue weighted by Crippen LogP contribution is 2.34. The topological polar surface area (TPSA) is 191 Å². The fraction of sp³-hybridized carbons (Fsp3) is 0.200. The largest absolute Gasteiger partial charge is 0.426 e. The van der Waals surface area contributed by atoms with Gasteiger partial charge in [0.25, 0.3) is 11.8 Å². The zero-order valence-electron chi connectivity index (χ0n) is 23.3. The SMILES string of the molecule is CC(=O)Oc1cc(Cc2cccc(Cc3cc(OC(C)=O)c(C(N)=O)c(OC(C)=O)c3)c2)cc(OC(C)=O)c1C(N)=O. The van der Waals surface area contributed by atoms with Crippen molar-refractivity contribution in [1.82, 2.24) is 0 Å². The van der Waals surface area contributed by atoms with Crippen LogP contribution in [-0.2, 0) is 32.0 Å². The monoisotopic (exact) mass is 576 g/mol. The summed E-state index contributed by atoms with van der Waals surface area (Å²) in [6.07, 6.45) is 0.542. The van der Waals surface area contributed by atoms with Gasteiger partial charge in [0.15, 0.2) is 0 Å². The van der Waals surface area contributed by atoms with Gasteiger partial charge in [0.05, 0.1) is 0 Å². The van der Waals surface area contributed by atoms with E-state index in [9.17, 15) is 28.8 Å². The first-order valence-electron chi connectivity index (χ1n) is 12.5. The van der Waals surface area contributed by atoms with Gasteiger partial charge in [0.2, 0.25) is 0 Å². The summed E-state index contributed by atoms with van der Waals surface area (Å²) in [6.45, 7) is 4.62. The molecule has 218 valence electrons. The number of carbonyl (C=O) groups excluding carboxylic acids is 6. The van der Waals surface area contributed by atoms with Crippen LogP contribution < -0.4 is 30.4 Å². The molecule has 2 amide bonds. The number of esters is 4. The zero-order chi connectivity index (χ0) is 31.1. The van der Waals surface area contributed by atoms with E-state index in [0.29, 0.717) is 11.1 Å². The molecule has 4 N–H and O–H groups in total. The van der Waals surface area contributed by atoms with E-state index in [2.05, 4.69) is 0 Å². The summed E-state index contributed by atoms with van der Waals surface area (Å²) < 4.78 is 20.7. The van der Waals surface area contributed by atoms with Crippen molar-refractivity contribution in [2.45, 2.75) is 40.5 Å². The molecule has 0 aliphatic rings. The van der Waals surface area contributed by atoms with Crippen LogP contribution in [0.15, 0.2) is 48.5 Å². The van der Waals surface area contributed by atoms with Gasteiger partial charge in [-0.15, -0.1) is 0 Å². The van der Waals surface area contributed by atoms with Gasteiger partial charge in [0.1, 0.15) is 34.1 Å². The predicted molar refractivity (Wildman–Crippen MR) is 147 cm³/mol. The van der Waals surface area contributed by atoms with Crippen molar-refractivity contribution in [1.29, 1.82) is 0 Å². The predicted octanol–water partition coefficient (Wildman–Crippen LogP) is 2.77. The maximum atomic E-state index is 12.1. The lowest BCUT2D eigenvalue weighted by Crippen LogP contribution is -2.18. The molecule has 12 nitrogen and oxygen atoms in total. The maximum Gasteiger partial charge on any atom is 0.308 e. The average molecular weight is 577 g/mol. The molecule has 0 saturated heterocycles. The lowest BCUT2D eigenvalue weighted by atomic mass is 9.97. The Bertz CT molecular complexity index is 1420. The van der Waals surface area contributed by atoms with E-state index in [1.165, 1.54) is 24.3 Å². The first kappa shape index (κ1) is 31.0. The molecule has 0 aliphatic heterocycles. The average Bonchev–Trinajstić information content (AvgIpc) is 2.82. The Kier molecular flexibility index (Phi) is 9.76. The van der Waals surface area contributed by atoms with Crippen molar-refractivity contribution in [2.75, 3.05) is 0 Å². The molecule has 0 heterocycles. The summed E-state index contributed by atoms with van der Waals surface area (Å²) in [7, 11) is 0. The number of rotatable bonds is 10. The fourth-order valence-corrected chi connectivity index (χ4v) is 4.24. The van der Waals surface area contributed by atoms with Crippen LogP contribution in [0, 0.1) is 0 Å². The van der Waals surface area contributed by atoms with Crippen LogP contribution in [0.4, 0.5) is 0 Å². The van der Waals surface area contributed by atoms with E-state index in [4.69, 9.17) is 30.4 Å². The zero-order valence-corrected chi connectivity index (χ0v) is 23.3. The third kappa shape index (κ3) is 8.24. The highest BCUT2D eigenvalue weighted by atomic mass is 16.6. The summed E-state index contributed by atoms with van der Waals surface area (Å²) in [5.41, 5.74) is 13.1. The summed E-state index contributed by atoms with van der Waals surface area (Å²) >= 11 is 0. The lowest BCUT2D eigenvalue weighted by molar-refractivity contribution is -0.133. The third-order valence-electron chi connectivity index (χ3n) is 5.57. The summed E-state index contributed by atoms with van der Waals surface area (Å²) in [4.78, 5) is 70.8. The van der Waals surface area contributed by atoms with Crippen molar-refractivity contribution < 1.29 is 47.7 Å². The molecule has 0 aromatic heterocycles. The van der Waals surface area contributed by atoms with E-state index in [1.54, 1.807) is 6.07 Å². The highest BCUT2D eigenvalue weighted by Gasteiger charge is 2.23. The van der Waals surface area contributed by atoms with Gasteiger partial charge in [-0.05, 0) is 59.4 Å². The molecular formula is C30H28N2O10. The van der Waals surface area contributed by atoms with Crippen LogP contribution in [0.3, 0.4) is 0 Å². The molecule has 3 rings (SSSR count). The Morgan fingerprint density at radius 2 is 0.786 bits per heavy atom. The van der Waals surface area contributed by atoms with Crippen LogP contribution in [0.5, 0.6) is 23.0 Å². The van der Waals surface area contributed by atoms with Crippen LogP contribution in [0.1, 0.15) is 70.7 Å². The second-order valence-corrected chi connectivity index (χ2v) is 9.21. The van der Waals surface area contributed by atoms with Crippen molar-refractivity contribution in [3.05, 3.63) is 81.9 Å². The van der Waals surface area contributed by atoms with Crippen molar-refractivity contribution in [2.24, 2.45) is 11.5 Å². The summed E-state index contributed by atoms with van der Waals surface area (Å²) in [6, 6.07) is 13.1. The van der Waals surface area contributed by atoms with Crippen molar-refractivity contribution in [3.63, 3.8) is 0 Å². The van der Waals surface area contributed by atoms with E-state index in [1.807, 2.05) is 18.2 Å². The van der Waals surface area contributed by atoms with Crippen LogP contribution in [-0.4, -0.2) is 35.7 Å². The number of ether oxygens (including phenoxy) is 4. The first-order chi connectivity index (χ1) is 19.7. The number of carbonyl (C=O) groups is 6. The minimum Gasteiger partial charge on any atom is -0.426 e. The second-order valence-electron chi connectivity index (χ2n) is 9.21. The number of amides is 2. The first-order valence-corrected chi connectivity index (χ1v) is 12.5. The number of nitrogens with two attached hydrogens (primary N) is 2. The van der Waals surface area contributed by atoms with E-state index in [0.717, 1.165) is 38.8 Å². The minimum absolute atomic E-state index is 0.148. The molecule has 12 heteroatoms. The number of primary amides is 2. The maximum absolute atomic E-state index is 12.1. The Morgan fingerprint density at radius 3 is 1.02 bits per heavy atom. The molecule has 0 fully saturated rings. The van der Waals surface area contributed by atoms with Crippen LogP contribution >= 0.6 is 0 Å². The quantitative estimate of drug-likeness (QED) is 0.268. The Hall–Kier alpha value is -5.52. The molecule has 3 aromatic rings. The molecule has 0 spiro atoms. The van der Waals surface area contributed by atoms with Gasteiger partial charge in [-0.1, -0.05) is 24.3 Å². The Balaban J connectivity index is 2.01. The number of hydrogen-bond donors (Lipinski definition) is 2. The van der Waals surface area contributed by atoms with Crippen molar-refractivity contribution in [3.8, 4) is 23.0 Å². The number of hydrogen-bond acceptors (Lipinski definition) is 10. The van der Waals surface area contributed by atoms with Gasteiger partial charge >= 0.3 is 23.9 Å². The smallest absolute Gasteiger partial charge is 0.308 e. The minimum atomic E-state index is -0.945. The van der Waals surface area contributed by atoms with Crippen LogP contribution in [0.25, 0.3) is 0 Å². The molecule has 0 unspecified atom stereocenters. The molecule has 0 aliphatic carbocycles. The number of benzene rings is 3. The highest BCUT2D eigenvalue weighted by molar-refractivity contribution is 6.01. The molecule has 0 bridgehead atoms. The van der Waals surface area contributed by atoms with Gasteiger partial charge in [-0.3, -0.25) is 28.8 Å². The fourth-order valence-electron chi connectivity index (χ4n) is 4.24. The molecule has 0 radical (unpaired) electrons. The normalized spacial score (nSPS) is 10.4. The van der Waals surface area contributed by atoms with Gasteiger partial charge in [-0.25, -0.2) is 0 Å². The summed E-state index contributed by atoms with van der Waals surface area (Å²) in [5.74, 6) is -5.28. The molecule has 42 heavy (non-hydrogen) atoms. The molecule has 0 saturated carbocycles. The lowest BCUT2D eigenvalue weighted by Gasteiger charge is -2.15. The summed E-state index contributed by atoms with van der Waals surface area (Å²) in [5, 5.41) is 0. The standard InChI is InChI=1S/C30H28N2O10/c1-15(33)39-23-11-21(12-24(40-16(2)34)27(23)29(31)37)9-19-6-5-7-20(8-19)10-22-13-25(41-17(3)35)28(30(32)38)26(14-22)42-18(4)36/h5-8,11-14H,9-10H2,1-4H3,(H2,31,37)(H2,32,38). The van der Waals surface area contributed by atoms with Gasteiger partial charge in [-0.2, -0.15) is 0 Å². The van der Waals surface area contributed by atoms with Crippen molar-refractivity contribution >= 4 is 35.7 Å². The van der Waals surface area contributed by atoms with Crippen LogP contribution in [0.2, 0.25) is 0 Å². The molecular weight excluding hydrogens is 548 g/mol. The Labute approximate surface area is 240 Å². The molecule has 3 aromatic carbocycles. The van der Waals surface area contributed by atoms with Gasteiger partial charge in [0, 0.05) is 27.7 Å². The third-order valence-corrected chi connectivity index (χ3v) is 5.57. The molecule has 0 atom stereocenters.